The molecular formula is C13H21N3O3S. The van der Waals surface area contributed by atoms with Gasteiger partial charge in [-0.1, -0.05) is 0 Å². The number of hydrogen-bond acceptors (Lipinski definition) is 5. The molecule has 0 atom stereocenters. The number of nitrogen functional groups attached to an aromatic ring is 1. The number of likely N-dealkylation sites (N-methyl/N-ethyl adjacent to an activating group) is 1. The standard InChI is InChI=1S/C13H21N3O3S/c1-15-6-3-7-16(9-8-15)20(17,18)13-5-4-11(14)10-12(13)19-2/h4-5,10H,3,6-9,14H2,1-2H3. The highest BCUT2D eigenvalue weighted by Gasteiger charge is 2.28. The average Bonchev–Trinajstić information content (AvgIpc) is 2.63. The van der Waals surface area contributed by atoms with E-state index in [1.165, 1.54) is 23.5 Å². The molecule has 0 radical (unpaired) electrons. The molecule has 0 unspecified atom stereocenters. The van der Waals surface area contributed by atoms with Gasteiger partial charge < -0.3 is 15.4 Å². The van der Waals surface area contributed by atoms with Crippen LogP contribution in [0, 0.1) is 0 Å². The van der Waals surface area contributed by atoms with Crippen molar-refractivity contribution in [3.8, 4) is 5.75 Å². The zero-order valence-corrected chi connectivity index (χ0v) is 12.7. The lowest BCUT2D eigenvalue weighted by atomic mass is 10.3. The Morgan fingerprint density at radius 3 is 2.65 bits per heavy atom. The van der Waals surface area contributed by atoms with Crippen molar-refractivity contribution in [2.75, 3.05) is 46.1 Å². The Morgan fingerprint density at radius 2 is 1.95 bits per heavy atom. The predicted octanol–water partition coefficient (Wildman–Crippen LogP) is 0.604. The average molecular weight is 299 g/mol. The first kappa shape index (κ1) is 15.1. The number of nitrogens with two attached hydrogens (primary N) is 1. The molecule has 0 saturated carbocycles. The van der Waals surface area contributed by atoms with Crippen molar-refractivity contribution in [1.29, 1.82) is 0 Å². The maximum absolute atomic E-state index is 12.7. The number of rotatable bonds is 3. The van der Waals surface area contributed by atoms with E-state index in [1.807, 2.05) is 7.05 Å². The summed E-state index contributed by atoms with van der Waals surface area (Å²) in [5.41, 5.74) is 6.16. The van der Waals surface area contributed by atoms with Crippen molar-refractivity contribution in [2.24, 2.45) is 0 Å². The molecule has 0 aromatic heterocycles. The molecular weight excluding hydrogens is 278 g/mol. The summed E-state index contributed by atoms with van der Waals surface area (Å²) >= 11 is 0. The van der Waals surface area contributed by atoms with E-state index in [9.17, 15) is 8.42 Å². The van der Waals surface area contributed by atoms with Gasteiger partial charge in [0.05, 0.1) is 7.11 Å². The molecule has 1 aliphatic rings. The van der Waals surface area contributed by atoms with Gasteiger partial charge in [-0.05, 0) is 32.1 Å². The number of nitrogens with zero attached hydrogens (tertiary/aromatic N) is 2. The summed E-state index contributed by atoms with van der Waals surface area (Å²) in [6, 6.07) is 4.63. The van der Waals surface area contributed by atoms with Crippen molar-refractivity contribution < 1.29 is 13.2 Å². The highest BCUT2D eigenvalue weighted by atomic mass is 32.2. The van der Waals surface area contributed by atoms with Crippen LogP contribution in [0.1, 0.15) is 6.42 Å². The first-order chi connectivity index (χ1) is 9.45. The third-order valence-corrected chi connectivity index (χ3v) is 5.42. The number of hydrogen-bond donors (Lipinski definition) is 1. The van der Waals surface area contributed by atoms with Gasteiger partial charge in [0, 0.05) is 31.4 Å². The largest absolute Gasteiger partial charge is 0.495 e. The van der Waals surface area contributed by atoms with Crippen molar-refractivity contribution in [2.45, 2.75) is 11.3 Å². The maximum Gasteiger partial charge on any atom is 0.246 e. The van der Waals surface area contributed by atoms with Gasteiger partial charge >= 0.3 is 0 Å². The second-order valence-electron chi connectivity index (χ2n) is 4.97. The summed E-state index contributed by atoms with van der Waals surface area (Å²) in [5.74, 6) is 0.294. The summed E-state index contributed by atoms with van der Waals surface area (Å²) in [6.07, 6.45) is 0.826. The molecule has 2 rings (SSSR count). The fourth-order valence-corrected chi connectivity index (χ4v) is 3.91. The summed E-state index contributed by atoms with van der Waals surface area (Å²) < 4.78 is 32.1. The highest BCUT2D eigenvalue weighted by Crippen LogP contribution is 2.29. The van der Waals surface area contributed by atoms with Gasteiger partial charge in [0.1, 0.15) is 10.6 Å². The van der Waals surface area contributed by atoms with Crippen molar-refractivity contribution in [3.63, 3.8) is 0 Å². The topological polar surface area (TPSA) is 75.9 Å². The fourth-order valence-electron chi connectivity index (χ4n) is 2.30. The highest BCUT2D eigenvalue weighted by molar-refractivity contribution is 7.89. The van der Waals surface area contributed by atoms with Crippen molar-refractivity contribution >= 4 is 15.7 Å². The van der Waals surface area contributed by atoms with Crippen LogP contribution in [0.5, 0.6) is 5.75 Å². The molecule has 0 spiro atoms. The monoisotopic (exact) mass is 299 g/mol. The number of sulfonamides is 1. The van der Waals surface area contributed by atoms with Gasteiger partial charge in [0.25, 0.3) is 0 Å². The normalized spacial score (nSPS) is 18.7. The molecule has 20 heavy (non-hydrogen) atoms. The molecule has 1 fully saturated rings. The molecule has 0 amide bonds. The Kier molecular flexibility index (Phi) is 4.52. The van der Waals surface area contributed by atoms with Crippen LogP contribution in [0.15, 0.2) is 23.1 Å². The van der Waals surface area contributed by atoms with E-state index >= 15 is 0 Å². The van der Waals surface area contributed by atoms with E-state index in [4.69, 9.17) is 10.5 Å². The maximum atomic E-state index is 12.7. The number of ether oxygens (including phenoxy) is 1. The molecule has 6 nitrogen and oxygen atoms in total. The van der Waals surface area contributed by atoms with Crippen molar-refractivity contribution in [1.82, 2.24) is 9.21 Å². The molecule has 0 bridgehead atoms. The summed E-state index contributed by atoms with van der Waals surface area (Å²) in [7, 11) is -0.0939. The zero-order chi connectivity index (χ0) is 14.8. The van der Waals surface area contributed by atoms with Gasteiger partial charge in [-0.25, -0.2) is 8.42 Å². The molecule has 0 aliphatic carbocycles. The van der Waals surface area contributed by atoms with Gasteiger partial charge in [0.2, 0.25) is 10.0 Å². The lowest BCUT2D eigenvalue weighted by Gasteiger charge is -2.21. The van der Waals surface area contributed by atoms with Gasteiger partial charge in [0.15, 0.2) is 0 Å². The summed E-state index contributed by atoms with van der Waals surface area (Å²) in [6.45, 7) is 2.66. The molecule has 1 saturated heterocycles. The Morgan fingerprint density at radius 1 is 1.20 bits per heavy atom. The Bertz CT molecular complexity index is 574. The minimum Gasteiger partial charge on any atom is -0.495 e. The third kappa shape index (κ3) is 3.05. The lowest BCUT2D eigenvalue weighted by Crippen LogP contribution is -2.34. The van der Waals surface area contributed by atoms with E-state index in [-0.39, 0.29) is 4.90 Å². The number of benzene rings is 1. The molecule has 112 valence electrons. The number of anilines is 1. The third-order valence-electron chi connectivity index (χ3n) is 3.48. The van der Waals surface area contributed by atoms with Gasteiger partial charge in [-0.3, -0.25) is 0 Å². The minimum atomic E-state index is -3.54. The molecule has 7 heteroatoms. The summed E-state index contributed by atoms with van der Waals surface area (Å²) in [4.78, 5) is 2.31. The zero-order valence-electron chi connectivity index (χ0n) is 11.9. The SMILES string of the molecule is COc1cc(N)ccc1S(=O)(=O)N1CCCN(C)CC1. The van der Waals surface area contributed by atoms with E-state index in [2.05, 4.69) is 4.90 Å². The van der Waals surface area contributed by atoms with Gasteiger partial charge in [-0.2, -0.15) is 4.31 Å². The van der Waals surface area contributed by atoms with Crippen LogP contribution in [0.4, 0.5) is 5.69 Å². The second-order valence-corrected chi connectivity index (χ2v) is 6.88. The van der Waals surface area contributed by atoms with Crippen LogP contribution in [0.2, 0.25) is 0 Å². The molecule has 2 N–H and O–H groups in total. The fraction of sp³-hybridized carbons (Fsp3) is 0.538. The lowest BCUT2D eigenvalue weighted by molar-refractivity contribution is 0.346. The van der Waals surface area contributed by atoms with Crippen LogP contribution in [0.3, 0.4) is 0 Å². The van der Waals surface area contributed by atoms with Gasteiger partial charge in [-0.15, -0.1) is 0 Å². The van der Waals surface area contributed by atoms with Crippen LogP contribution in [-0.4, -0.2) is 58.0 Å². The molecule has 1 heterocycles. The molecule has 1 aromatic carbocycles. The van der Waals surface area contributed by atoms with Crippen LogP contribution in [-0.2, 0) is 10.0 Å². The van der Waals surface area contributed by atoms with E-state index in [0.29, 0.717) is 24.5 Å². The first-order valence-corrected chi connectivity index (χ1v) is 8.01. The molecule has 1 aliphatic heterocycles. The second kappa shape index (κ2) is 5.99. The van der Waals surface area contributed by atoms with E-state index < -0.39 is 10.0 Å². The smallest absolute Gasteiger partial charge is 0.246 e. The predicted molar refractivity (Wildman–Crippen MR) is 78.3 cm³/mol. The quantitative estimate of drug-likeness (QED) is 0.827. The minimum absolute atomic E-state index is 0.179. The Balaban J connectivity index is 2.34. The molecule has 1 aromatic rings. The van der Waals surface area contributed by atoms with Crippen LogP contribution in [0.25, 0.3) is 0 Å². The van der Waals surface area contributed by atoms with E-state index in [1.54, 1.807) is 6.07 Å². The number of methoxy groups -OCH3 is 1. The van der Waals surface area contributed by atoms with Crippen molar-refractivity contribution in [3.05, 3.63) is 18.2 Å². The van der Waals surface area contributed by atoms with E-state index in [0.717, 1.165) is 19.5 Å². The Hall–Kier alpha value is -1.31. The Labute approximate surface area is 120 Å². The summed E-state index contributed by atoms with van der Waals surface area (Å²) in [5, 5.41) is 0. The first-order valence-electron chi connectivity index (χ1n) is 6.57. The van der Waals surface area contributed by atoms with Crippen LogP contribution >= 0.6 is 0 Å². The van der Waals surface area contributed by atoms with Crippen LogP contribution < -0.4 is 10.5 Å².